The van der Waals surface area contributed by atoms with Gasteiger partial charge in [-0.15, -0.1) is 0 Å². The molecule has 24 heavy (non-hydrogen) atoms. The third kappa shape index (κ3) is 5.70. The number of nitrogens with zero attached hydrogens (tertiary/aromatic N) is 1. The van der Waals surface area contributed by atoms with Crippen molar-refractivity contribution in [1.29, 1.82) is 0 Å². The largest absolute Gasteiger partial charge is 0.408 e. The van der Waals surface area contributed by atoms with Gasteiger partial charge in [-0.05, 0) is 31.7 Å². The second-order valence-electron chi connectivity index (χ2n) is 6.05. The van der Waals surface area contributed by atoms with Gasteiger partial charge in [0, 0.05) is 19.7 Å². The van der Waals surface area contributed by atoms with Gasteiger partial charge in [0.15, 0.2) is 0 Å². The Morgan fingerprint density at radius 1 is 1.38 bits per heavy atom. The molecule has 2 atom stereocenters. The van der Waals surface area contributed by atoms with Crippen molar-refractivity contribution in [2.24, 2.45) is 0 Å². The van der Waals surface area contributed by atoms with E-state index in [-0.39, 0.29) is 18.9 Å². The standard InChI is InChI=1S/C17H23F3N2O2/c1-13-12-22(10-5-11-24-13)16(23)21-15(17(18,19)20)9-8-14-6-3-2-4-7-14/h2-4,6-7,13,15H,5,8-12H2,1H3,(H,21,23)/t13-,15+/m0/s1. The van der Waals surface area contributed by atoms with Crippen LogP contribution in [-0.2, 0) is 11.2 Å². The Bertz CT molecular complexity index is 522. The van der Waals surface area contributed by atoms with Crippen LogP contribution in [0.5, 0.6) is 0 Å². The highest BCUT2D eigenvalue weighted by molar-refractivity contribution is 5.74. The molecular formula is C17H23F3N2O2. The number of hydrogen-bond donors (Lipinski definition) is 1. The Morgan fingerprint density at radius 2 is 2.08 bits per heavy atom. The summed E-state index contributed by atoms with van der Waals surface area (Å²) in [7, 11) is 0. The van der Waals surface area contributed by atoms with Crippen LogP contribution < -0.4 is 5.32 Å². The minimum atomic E-state index is -4.47. The smallest absolute Gasteiger partial charge is 0.377 e. The quantitative estimate of drug-likeness (QED) is 0.910. The molecule has 2 amide bonds. The summed E-state index contributed by atoms with van der Waals surface area (Å²) in [5.74, 6) is 0. The van der Waals surface area contributed by atoms with Crippen molar-refractivity contribution in [3.8, 4) is 0 Å². The maximum atomic E-state index is 13.2. The zero-order valence-electron chi connectivity index (χ0n) is 13.7. The van der Waals surface area contributed by atoms with E-state index < -0.39 is 18.2 Å². The molecule has 0 aliphatic carbocycles. The average Bonchev–Trinajstić information content (AvgIpc) is 2.75. The molecule has 1 aromatic rings. The highest BCUT2D eigenvalue weighted by Crippen LogP contribution is 2.24. The van der Waals surface area contributed by atoms with Crippen LogP contribution in [0.3, 0.4) is 0 Å². The molecule has 134 valence electrons. The Kier molecular flexibility index (Phi) is 6.48. The number of aryl methyl sites for hydroxylation is 1. The summed E-state index contributed by atoms with van der Waals surface area (Å²) in [5.41, 5.74) is 0.817. The van der Waals surface area contributed by atoms with Crippen LogP contribution in [0.4, 0.5) is 18.0 Å². The summed E-state index contributed by atoms with van der Waals surface area (Å²) in [5, 5.41) is 2.15. The summed E-state index contributed by atoms with van der Waals surface area (Å²) in [4.78, 5) is 13.6. The summed E-state index contributed by atoms with van der Waals surface area (Å²) >= 11 is 0. The van der Waals surface area contributed by atoms with E-state index in [9.17, 15) is 18.0 Å². The molecule has 0 saturated carbocycles. The van der Waals surface area contributed by atoms with E-state index >= 15 is 0 Å². The van der Waals surface area contributed by atoms with Gasteiger partial charge in [0.1, 0.15) is 6.04 Å². The van der Waals surface area contributed by atoms with Crippen molar-refractivity contribution in [1.82, 2.24) is 10.2 Å². The number of carbonyl (C=O) groups is 1. The van der Waals surface area contributed by atoms with E-state index in [1.807, 2.05) is 13.0 Å². The summed E-state index contributed by atoms with van der Waals surface area (Å²) in [6, 6.07) is 6.42. The van der Waals surface area contributed by atoms with Crippen LogP contribution >= 0.6 is 0 Å². The first-order valence-electron chi connectivity index (χ1n) is 8.14. The number of urea groups is 1. The highest BCUT2D eigenvalue weighted by atomic mass is 19.4. The van der Waals surface area contributed by atoms with Crippen molar-refractivity contribution in [2.75, 3.05) is 19.7 Å². The van der Waals surface area contributed by atoms with Crippen molar-refractivity contribution in [3.05, 3.63) is 35.9 Å². The molecule has 0 radical (unpaired) electrons. The van der Waals surface area contributed by atoms with Crippen LogP contribution in [0.1, 0.15) is 25.3 Å². The Labute approximate surface area is 140 Å². The molecule has 1 aliphatic rings. The molecule has 0 spiro atoms. The molecule has 1 heterocycles. The molecule has 1 aliphatic heterocycles. The van der Waals surface area contributed by atoms with Crippen LogP contribution in [0.2, 0.25) is 0 Å². The van der Waals surface area contributed by atoms with Crippen LogP contribution in [0, 0.1) is 0 Å². The monoisotopic (exact) mass is 344 g/mol. The maximum absolute atomic E-state index is 13.2. The van der Waals surface area contributed by atoms with Crippen molar-refractivity contribution in [2.45, 2.75) is 44.5 Å². The normalized spacial score (nSPS) is 20.3. The first-order valence-corrected chi connectivity index (χ1v) is 8.14. The van der Waals surface area contributed by atoms with Gasteiger partial charge in [-0.3, -0.25) is 0 Å². The molecule has 0 unspecified atom stereocenters. The van der Waals surface area contributed by atoms with Gasteiger partial charge >= 0.3 is 12.2 Å². The summed E-state index contributed by atoms with van der Waals surface area (Å²) in [6.07, 6.45) is -3.95. The minimum absolute atomic E-state index is 0.174. The molecule has 4 nitrogen and oxygen atoms in total. The van der Waals surface area contributed by atoms with E-state index in [0.29, 0.717) is 26.1 Å². The highest BCUT2D eigenvalue weighted by Gasteiger charge is 2.41. The molecule has 1 N–H and O–H groups in total. The molecule has 0 bridgehead atoms. The van der Waals surface area contributed by atoms with Gasteiger partial charge < -0.3 is 15.0 Å². The lowest BCUT2D eigenvalue weighted by atomic mass is 10.1. The van der Waals surface area contributed by atoms with Gasteiger partial charge in [0.2, 0.25) is 0 Å². The molecule has 7 heteroatoms. The molecule has 1 aromatic carbocycles. The molecular weight excluding hydrogens is 321 g/mol. The Morgan fingerprint density at radius 3 is 2.75 bits per heavy atom. The van der Waals surface area contributed by atoms with Gasteiger partial charge in [-0.1, -0.05) is 30.3 Å². The molecule has 1 fully saturated rings. The number of alkyl halides is 3. The second-order valence-corrected chi connectivity index (χ2v) is 6.05. The predicted molar refractivity (Wildman–Crippen MR) is 84.7 cm³/mol. The second kappa shape index (κ2) is 8.37. The SMILES string of the molecule is C[C@H]1CN(C(=O)N[C@H](CCc2ccccc2)C(F)(F)F)CCCO1. The van der Waals surface area contributed by atoms with Crippen molar-refractivity contribution in [3.63, 3.8) is 0 Å². The number of nitrogens with one attached hydrogen (secondary N) is 1. The van der Waals surface area contributed by atoms with Crippen LogP contribution in [-0.4, -0.2) is 48.9 Å². The van der Waals surface area contributed by atoms with Gasteiger partial charge in [0.05, 0.1) is 6.10 Å². The van der Waals surface area contributed by atoms with Gasteiger partial charge in [-0.25, -0.2) is 4.79 Å². The number of rotatable bonds is 4. The zero-order chi connectivity index (χ0) is 17.6. The van der Waals surface area contributed by atoms with Gasteiger partial charge in [0.25, 0.3) is 0 Å². The number of amides is 2. The third-order valence-electron chi connectivity index (χ3n) is 4.00. The van der Waals surface area contributed by atoms with Crippen molar-refractivity contribution >= 4 is 6.03 Å². The summed E-state index contributed by atoms with van der Waals surface area (Å²) < 4.78 is 45.2. The van der Waals surface area contributed by atoms with E-state index in [1.165, 1.54) is 4.90 Å². The number of ether oxygens (including phenoxy) is 1. The lowest BCUT2D eigenvalue weighted by Gasteiger charge is -2.27. The third-order valence-corrected chi connectivity index (χ3v) is 4.00. The molecule has 2 rings (SSSR count). The number of halogens is 3. The Hall–Kier alpha value is -1.76. The number of carbonyl (C=O) groups excluding carboxylic acids is 1. The lowest BCUT2D eigenvalue weighted by molar-refractivity contribution is -0.154. The van der Waals surface area contributed by atoms with E-state index in [4.69, 9.17) is 4.74 Å². The predicted octanol–water partition coefficient (Wildman–Crippen LogP) is 3.37. The van der Waals surface area contributed by atoms with Crippen molar-refractivity contribution < 1.29 is 22.7 Å². The fraction of sp³-hybridized carbons (Fsp3) is 0.588. The first kappa shape index (κ1) is 18.6. The van der Waals surface area contributed by atoms with Crippen LogP contribution in [0.25, 0.3) is 0 Å². The fourth-order valence-corrected chi connectivity index (χ4v) is 2.69. The van der Waals surface area contributed by atoms with E-state index in [1.54, 1.807) is 24.3 Å². The molecule has 0 aromatic heterocycles. The van der Waals surface area contributed by atoms with Crippen LogP contribution in [0.15, 0.2) is 30.3 Å². The maximum Gasteiger partial charge on any atom is 0.408 e. The lowest BCUT2D eigenvalue weighted by Crippen LogP contribution is -2.52. The Balaban J connectivity index is 1.96. The fourth-order valence-electron chi connectivity index (χ4n) is 2.69. The number of hydrogen-bond acceptors (Lipinski definition) is 2. The van der Waals surface area contributed by atoms with E-state index in [2.05, 4.69) is 5.32 Å². The topological polar surface area (TPSA) is 41.6 Å². The zero-order valence-corrected chi connectivity index (χ0v) is 13.7. The minimum Gasteiger partial charge on any atom is -0.377 e. The van der Waals surface area contributed by atoms with E-state index in [0.717, 1.165) is 5.56 Å². The summed E-state index contributed by atoms with van der Waals surface area (Å²) in [6.45, 7) is 3.03. The first-order chi connectivity index (χ1) is 11.4. The average molecular weight is 344 g/mol. The van der Waals surface area contributed by atoms with Gasteiger partial charge in [-0.2, -0.15) is 13.2 Å². The number of benzene rings is 1. The molecule has 1 saturated heterocycles.